The maximum Gasteiger partial charge on any atom is 1.00 e. The van der Waals surface area contributed by atoms with Crippen molar-refractivity contribution >= 4 is 11.2 Å². The Morgan fingerprint density at radius 3 is 1.25 bits per heavy atom. The van der Waals surface area contributed by atoms with E-state index in [-0.39, 0.29) is 29.6 Å². The van der Waals surface area contributed by atoms with E-state index < -0.39 is 22.5 Å². The Morgan fingerprint density at radius 2 is 1.25 bits per heavy atom. The summed E-state index contributed by atoms with van der Waals surface area (Å²) in [5, 5.41) is 0. The summed E-state index contributed by atoms with van der Waals surface area (Å²) in [6, 6.07) is 0. The molecule has 0 amide bonds. The summed E-state index contributed by atoms with van der Waals surface area (Å²) in [4.78, 5) is 0. The van der Waals surface area contributed by atoms with Crippen LogP contribution in [0.2, 0.25) is 0 Å². The van der Waals surface area contributed by atoms with E-state index in [4.69, 9.17) is 9.32 Å². The van der Waals surface area contributed by atoms with Gasteiger partial charge in [0.15, 0.2) is 0 Å². The molecule has 0 saturated heterocycles. The minimum absolute atomic E-state index is 0. The topological polar surface area (TPSA) is 69.2 Å². The van der Waals surface area contributed by atoms with Crippen LogP contribution in [0.3, 0.4) is 0 Å². The first-order valence-corrected chi connectivity index (χ1v) is 3.88. The van der Waals surface area contributed by atoms with Gasteiger partial charge in [0, 0.05) is 0 Å². The van der Waals surface area contributed by atoms with Crippen molar-refractivity contribution < 1.29 is 54.8 Å². The van der Waals surface area contributed by atoms with Crippen molar-refractivity contribution in [2.75, 3.05) is 12.5 Å². The van der Waals surface area contributed by atoms with E-state index in [2.05, 4.69) is 0 Å². The van der Waals surface area contributed by atoms with Crippen molar-refractivity contribution in [2.24, 2.45) is 0 Å². The number of hydrogen-bond acceptors (Lipinski definition) is 3. The first-order valence-electron chi connectivity index (χ1n) is 1.29. The van der Waals surface area contributed by atoms with E-state index in [1.165, 1.54) is 0 Å². The molecule has 0 aliphatic carbocycles. The number of halogens is 1. The Hall–Kier alpha value is 1.52. The average molecular weight is 169 g/mol. The molecule has 0 heterocycles. The van der Waals surface area contributed by atoms with Crippen LogP contribution in [0.1, 0.15) is 0 Å². The second-order valence-corrected chi connectivity index (χ2v) is 2.41. The van der Waals surface area contributed by atoms with E-state index in [9.17, 15) is 4.55 Å². The monoisotopic (exact) mass is 168 g/mol. The molecule has 0 bridgehead atoms. The minimum Gasteiger partial charge on any atom is -0.617 e. The molecule has 0 spiro atoms. The number of rotatable bonds is 0. The van der Waals surface area contributed by atoms with Crippen LogP contribution >= 0.6 is 0 Å². The van der Waals surface area contributed by atoms with Crippen LogP contribution in [-0.4, -0.2) is 17.1 Å². The average Bonchev–Trinajstić information content (AvgIpc) is 1.33. The van der Waals surface area contributed by atoms with E-state index in [0.29, 0.717) is 0 Å². The Kier molecular flexibility index (Phi) is 32.1. The zero-order chi connectivity index (χ0) is 6.28. The van der Waals surface area contributed by atoms with Crippen molar-refractivity contribution in [2.45, 2.75) is 0 Å². The molecule has 0 aromatic rings. The van der Waals surface area contributed by atoms with Gasteiger partial charge in [-0.3, -0.25) is 0 Å². The van der Waals surface area contributed by atoms with E-state index >= 15 is 0 Å². The molecule has 0 N–H and O–H groups in total. The fraction of sp³-hybridized carbons (Fsp3) is 1.00. The predicted molar refractivity (Wildman–Crippen MR) is 20.0 cm³/mol. The van der Waals surface area contributed by atoms with Crippen LogP contribution in [0, 0.1) is 11.3 Å². The molecule has 0 rings (SSSR count). The summed E-state index contributed by atoms with van der Waals surface area (Å²) < 4.78 is 26.0. The van der Waals surface area contributed by atoms with Gasteiger partial charge in [0.1, 0.15) is 0 Å². The van der Waals surface area contributed by atoms with Crippen LogP contribution < -0.4 is 38.9 Å². The SMILES string of the molecule is C[S+](C)[O-].[Na+].[O-][Cl+][O-]. The van der Waals surface area contributed by atoms with Gasteiger partial charge in [-0.2, -0.15) is 0 Å². The molecule has 0 fully saturated rings. The molecule has 0 aromatic heterocycles. The third-order valence-electron chi connectivity index (χ3n) is 0. The van der Waals surface area contributed by atoms with Crippen molar-refractivity contribution in [1.82, 2.24) is 0 Å². The standard InChI is InChI=1S/C2H6OS.ClO2.Na/c1-4(2)3;2-1-3;/h1-2H3;;/q;-1;+1. The van der Waals surface area contributed by atoms with Gasteiger partial charge in [-0.05, 0) is 0 Å². The molecule has 8 heavy (non-hydrogen) atoms. The summed E-state index contributed by atoms with van der Waals surface area (Å²) >= 11 is -1.03. The molecule has 0 aliphatic heterocycles. The molecule has 0 atom stereocenters. The van der Waals surface area contributed by atoms with Gasteiger partial charge in [0.25, 0.3) is 0 Å². The van der Waals surface area contributed by atoms with Crippen LogP contribution in [-0.2, 0) is 11.2 Å². The Labute approximate surface area is 78.0 Å². The zero-order valence-electron chi connectivity index (χ0n) is 5.01. The normalized spacial score (nSPS) is 6.75. The summed E-state index contributed by atoms with van der Waals surface area (Å²) in [6.07, 6.45) is 3.28. The molecular formula is C2H6ClNaO3S. The molecule has 0 aromatic carbocycles. The fourth-order valence-electron chi connectivity index (χ4n) is 0. The van der Waals surface area contributed by atoms with Gasteiger partial charge in [0.2, 0.25) is 0 Å². The van der Waals surface area contributed by atoms with Crippen molar-refractivity contribution in [3.8, 4) is 0 Å². The van der Waals surface area contributed by atoms with Gasteiger partial charge < -0.3 is 13.9 Å². The number of hydrogen-bond donors (Lipinski definition) is 0. The summed E-state index contributed by atoms with van der Waals surface area (Å²) in [5.74, 6) is 0. The first-order chi connectivity index (χ1) is 3.15. The third kappa shape index (κ3) is 138. The van der Waals surface area contributed by atoms with Crippen LogP contribution in [0.15, 0.2) is 0 Å². The molecule has 0 radical (unpaired) electrons. The Morgan fingerprint density at radius 1 is 1.25 bits per heavy atom. The maximum absolute atomic E-state index is 9.56. The van der Waals surface area contributed by atoms with Crippen LogP contribution in [0.4, 0.5) is 0 Å². The van der Waals surface area contributed by atoms with Crippen molar-refractivity contribution in [3.63, 3.8) is 0 Å². The molecule has 0 saturated carbocycles. The van der Waals surface area contributed by atoms with Crippen molar-refractivity contribution in [3.05, 3.63) is 0 Å². The van der Waals surface area contributed by atoms with E-state index in [1.807, 2.05) is 0 Å². The largest absolute Gasteiger partial charge is 1.00 e. The first kappa shape index (κ1) is 16.3. The second-order valence-electron chi connectivity index (χ2n) is 0.805. The second kappa shape index (κ2) is 15.8. The van der Waals surface area contributed by atoms with Crippen LogP contribution in [0.25, 0.3) is 0 Å². The summed E-state index contributed by atoms with van der Waals surface area (Å²) in [6.45, 7) is 0. The van der Waals surface area contributed by atoms with Gasteiger partial charge in [-0.25, -0.2) is 0 Å². The van der Waals surface area contributed by atoms with Gasteiger partial charge >= 0.3 is 29.6 Å². The predicted octanol–water partition coefficient (Wildman–Crippen LogP) is -5.38. The third-order valence-corrected chi connectivity index (χ3v) is 0. The van der Waals surface area contributed by atoms with Crippen molar-refractivity contribution in [1.29, 1.82) is 0 Å². The fourth-order valence-corrected chi connectivity index (χ4v) is 0. The van der Waals surface area contributed by atoms with Gasteiger partial charge in [-0.1, -0.05) is 11.2 Å². The Balaban J connectivity index is -0.0000000575. The molecule has 6 heteroatoms. The van der Waals surface area contributed by atoms with Gasteiger partial charge in [-0.15, -0.1) is 0 Å². The minimum atomic E-state index is -0.611. The maximum atomic E-state index is 9.56. The molecule has 3 nitrogen and oxygen atoms in total. The van der Waals surface area contributed by atoms with Gasteiger partial charge in [0.05, 0.1) is 23.8 Å². The van der Waals surface area contributed by atoms with Crippen LogP contribution in [0.5, 0.6) is 0 Å². The molecule has 0 unspecified atom stereocenters. The summed E-state index contributed by atoms with van der Waals surface area (Å²) in [5.41, 5.74) is 0. The van der Waals surface area contributed by atoms with E-state index in [1.54, 1.807) is 12.5 Å². The smallest absolute Gasteiger partial charge is 0.617 e. The molecular weight excluding hydrogens is 163 g/mol. The molecule has 46 valence electrons. The summed E-state index contributed by atoms with van der Waals surface area (Å²) in [7, 11) is 0. The quantitative estimate of drug-likeness (QED) is 0.268. The zero-order valence-corrected chi connectivity index (χ0v) is 8.58. The van der Waals surface area contributed by atoms with E-state index in [0.717, 1.165) is 0 Å². The molecule has 0 aliphatic rings. The Bertz CT molecular complexity index is 28.5.